The summed E-state index contributed by atoms with van der Waals surface area (Å²) in [4.78, 5) is 14.7. The Morgan fingerprint density at radius 2 is 1.63 bits per heavy atom. The lowest BCUT2D eigenvalue weighted by Gasteiger charge is -2.22. The lowest BCUT2D eigenvalue weighted by molar-refractivity contribution is -0.115. The van der Waals surface area contributed by atoms with Crippen LogP contribution in [0.3, 0.4) is 0 Å². The molecule has 3 rings (SSSR count). The molecule has 0 atom stereocenters. The quantitative estimate of drug-likeness (QED) is 0.614. The van der Waals surface area contributed by atoms with E-state index in [2.05, 4.69) is 27.7 Å². The number of hydrogen-bond donors (Lipinski definition) is 2. The van der Waals surface area contributed by atoms with Gasteiger partial charge in [0.2, 0.25) is 5.91 Å². The van der Waals surface area contributed by atoms with E-state index in [4.69, 9.17) is 9.47 Å². The molecule has 0 radical (unpaired) electrons. The van der Waals surface area contributed by atoms with Gasteiger partial charge < -0.3 is 25.0 Å². The maximum atomic E-state index is 12.2. The van der Waals surface area contributed by atoms with E-state index in [9.17, 15) is 4.79 Å². The van der Waals surface area contributed by atoms with Gasteiger partial charge in [-0.25, -0.2) is 0 Å². The molecule has 1 fully saturated rings. The summed E-state index contributed by atoms with van der Waals surface area (Å²) in [6.07, 6.45) is 5.96. The Balaban J connectivity index is 1.40. The molecular weight excluding hydrogens is 378 g/mol. The first kappa shape index (κ1) is 22.0. The van der Waals surface area contributed by atoms with Gasteiger partial charge in [0, 0.05) is 24.5 Å². The van der Waals surface area contributed by atoms with Crippen molar-refractivity contribution in [2.75, 3.05) is 50.6 Å². The molecule has 2 aromatic carbocycles. The average Bonchev–Trinajstić information content (AvgIpc) is 3.06. The average molecular weight is 412 g/mol. The molecule has 0 aromatic heterocycles. The van der Waals surface area contributed by atoms with Crippen molar-refractivity contribution in [2.45, 2.75) is 32.1 Å². The predicted octanol–water partition coefficient (Wildman–Crippen LogP) is 3.86. The molecule has 0 spiro atoms. The first-order valence-electron chi connectivity index (χ1n) is 10.8. The van der Waals surface area contributed by atoms with Gasteiger partial charge in [-0.1, -0.05) is 18.9 Å². The molecule has 2 N–H and O–H groups in total. The van der Waals surface area contributed by atoms with Crippen molar-refractivity contribution in [3.8, 4) is 11.5 Å². The maximum absolute atomic E-state index is 12.2. The third-order valence-corrected chi connectivity index (χ3v) is 5.45. The minimum Gasteiger partial charge on any atom is -0.493 e. The smallest absolute Gasteiger partial charge is 0.238 e. The molecule has 30 heavy (non-hydrogen) atoms. The summed E-state index contributed by atoms with van der Waals surface area (Å²) in [5, 5.41) is 6.16. The Labute approximate surface area is 179 Å². The van der Waals surface area contributed by atoms with Gasteiger partial charge in [-0.3, -0.25) is 4.79 Å². The maximum Gasteiger partial charge on any atom is 0.238 e. The predicted molar refractivity (Wildman–Crippen MR) is 122 cm³/mol. The number of ether oxygens (including phenoxy) is 2. The molecule has 2 aromatic rings. The number of anilines is 2. The molecule has 1 aliphatic rings. The number of carbonyl (C=O) groups is 1. The topological polar surface area (TPSA) is 62.8 Å². The van der Waals surface area contributed by atoms with E-state index in [0.29, 0.717) is 6.54 Å². The second-order valence-electron chi connectivity index (χ2n) is 7.61. The molecule has 0 saturated carbocycles. The summed E-state index contributed by atoms with van der Waals surface area (Å²) in [7, 11) is 3.25. The van der Waals surface area contributed by atoms with Gasteiger partial charge in [-0.2, -0.15) is 0 Å². The minimum atomic E-state index is -0.0372. The Morgan fingerprint density at radius 1 is 0.933 bits per heavy atom. The van der Waals surface area contributed by atoms with E-state index in [-0.39, 0.29) is 12.5 Å². The second-order valence-corrected chi connectivity index (χ2v) is 7.61. The second kappa shape index (κ2) is 11.5. The number of amides is 1. The highest BCUT2D eigenvalue weighted by Gasteiger charge is 2.10. The third kappa shape index (κ3) is 6.39. The van der Waals surface area contributed by atoms with E-state index < -0.39 is 0 Å². The zero-order valence-corrected chi connectivity index (χ0v) is 18.1. The molecular formula is C24H33N3O3. The molecule has 1 saturated heterocycles. The normalized spacial score (nSPS) is 14.1. The Kier molecular flexibility index (Phi) is 8.39. The highest BCUT2D eigenvalue weighted by atomic mass is 16.5. The summed E-state index contributed by atoms with van der Waals surface area (Å²) in [6.45, 7) is 3.23. The Hall–Kier alpha value is -2.73. The van der Waals surface area contributed by atoms with Crippen molar-refractivity contribution in [1.82, 2.24) is 5.32 Å². The van der Waals surface area contributed by atoms with Crippen molar-refractivity contribution >= 4 is 17.3 Å². The van der Waals surface area contributed by atoms with Crippen LogP contribution in [-0.4, -0.2) is 46.3 Å². The molecule has 1 aliphatic heterocycles. The van der Waals surface area contributed by atoms with Crippen LogP contribution in [0, 0.1) is 0 Å². The molecule has 162 valence electrons. The zero-order chi connectivity index (χ0) is 21.2. The van der Waals surface area contributed by atoms with Crippen LogP contribution < -0.4 is 25.0 Å². The van der Waals surface area contributed by atoms with Gasteiger partial charge in [0.1, 0.15) is 0 Å². The van der Waals surface area contributed by atoms with Gasteiger partial charge in [0.15, 0.2) is 11.5 Å². The third-order valence-electron chi connectivity index (χ3n) is 5.45. The van der Waals surface area contributed by atoms with Crippen molar-refractivity contribution in [1.29, 1.82) is 0 Å². The fourth-order valence-electron chi connectivity index (χ4n) is 3.76. The van der Waals surface area contributed by atoms with Gasteiger partial charge in [-0.15, -0.1) is 0 Å². The lowest BCUT2D eigenvalue weighted by atomic mass is 10.1. The van der Waals surface area contributed by atoms with Crippen molar-refractivity contribution in [2.24, 2.45) is 0 Å². The van der Waals surface area contributed by atoms with Gasteiger partial charge in [0.25, 0.3) is 0 Å². The largest absolute Gasteiger partial charge is 0.493 e. The summed E-state index contributed by atoms with van der Waals surface area (Å²) in [5.74, 6) is 1.40. The van der Waals surface area contributed by atoms with Crippen LogP contribution in [0.25, 0.3) is 0 Å². The molecule has 0 aliphatic carbocycles. The Morgan fingerprint density at radius 3 is 2.30 bits per heavy atom. The minimum absolute atomic E-state index is 0.0372. The number of carbonyl (C=O) groups excluding carboxylic acids is 1. The molecule has 6 heteroatoms. The molecule has 1 amide bonds. The van der Waals surface area contributed by atoms with Crippen LogP contribution in [0.2, 0.25) is 0 Å². The summed E-state index contributed by atoms with van der Waals surface area (Å²) in [6, 6.07) is 14.1. The van der Waals surface area contributed by atoms with Crippen LogP contribution in [0.5, 0.6) is 11.5 Å². The number of rotatable bonds is 9. The van der Waals surface area contributed by atoms with Crippen molar-refractivity contribution in [3.63, 3.8) is 0 Å². The zero-order valence-electron chi connectivity index (χ0n) is 18.1. The van der Waals surface area contributed by atoms with Gasteiger partial charge in [0.05, 0.1) is 20.8 Å². The van der Waals surface area contributed by atoms with E-state index in [1.54, 1.807) is 14.2 Å². The monoisotopic (exact) mass is 411 g/mol. The van der Waals surface area contributed by atoms with Crippen LogP contribution in [0.4, 0.5) is 11.4 Å². The SMILES string of the molecule is COc1ccc(CCNCC(=O)Nc2ccc(N3CCCCCC3)cc2)cc1OC. The number of hydrogen-bond acceptors (Lipinski definition) is 5. The molecule has 6 nitrogen and oxygen atoms in total. The highest BCUT2D eigenvalue weighted by Crippen LogP contribution is 2.27. The van der Waals surface area contributed by atoms with E-state index in [1.165, 1.54) is 31.4 Å². The first-order chi connectivity index (χ1) is 14.7. The van der Waals surface area contributed by atoms with Crippen LogP contribution in [-0.2, 0) is 11.2 Å². The van der Waals surface area contributed by atoms with Crippen LogP contribution in [0.1, 0.15) is 31.2 Å². The fraction of sp³-hybridized carbons (Fsp3) is 0.458. The molecule has 1 heterocycles. The summed E-state index contributed by atoms with van der Waals surface area (Å²) in [5.41, 5.74) is 3.20. The highest BCUT2D eigenvalue weighted by molar-refractivity contribution is 5.92. The summed E-state index contributed by atoms with van der Waals surface area (Å²) < 4.78 is 10.6. The van der Waals surface area contributed by atoms with E-state index in [1.807, 2.05) is 30.3 Å². The van der Waals surface area contributed by atoms with E-state index in [0.717, 1.165) is 42.3 Å². The lowest BCUT2D eigenvalue weighted by Crippen LogP contribution is -2.29. The fourth-order valence-corrected chi connectivity index (χ4v) is 3.76. The van der Waals surface area contributed by atoms with Gasteiger partial charge in [-0.05, 0) is 67.8 Å². The standard InChI is InChI=1S/C24H33N3O3/c1-29-22-12-7-19(17-23(22)30-2)13-14-25-18-24(28)26-20-8-10-21(11-9-20)27-15-5-3-4-6-16-27/h7-12,17,25H,3-6,13-16,18H2,1-2H3,(H,26,28). The van der Waals surface area contributed by atoms with Crippen molar-refractivity contribution < 1.29 is 14.3 Å². The van der Waals surface area contributed by atoms with Crippen LogP contribution >= 0.6 is 0 Å². The van der Waals surface area contributed by atoms with E-state index >= 15 is 0 Å². The van der Waals surface area contributed by atoms with Gasteiger partial charge >= 0.3 is 0 Å². The number of methoxy groups -OCH3 is 2. The molecule has 0 unspecified atom stereocenters. The summed E-state index contributed by atoms with van der Waals surface area (Å²) >= 11 is 0. The van der Waals surface area contributed by atoms with Crippen LogP contribution in [0.15, 0.2) is 42.5 Å². The Bertz CT molecular complexity index is 800. The molecule has 0 bridgehead atoms. The number of nitrogens with zero attached hydrogens (tertiary/aromatic N) is 1. The van der Waals surface area contributed by atoms with Crippen molar-refractivity contribution in [3.05, 3.63) is 48.0 Å². The number of nitrogens with one attached hydrogen (secondary N) is 2. The number of benzene rings is 2. The first-order valence-corrected chi connectivity index (χ1v) is 10.8.